The van der Waals surface area contributed by atoms with Crippen molar-refractivity contribution in [2.24, 2.45) is 0 Å². The highest BCUT2D eigenvalue weighted by molar-refractivity contribution is 6.76. The molecule has 0 amide bonds. The SMILES string of the molecule is C[Si](C)(C)CCOCn1ncc2ccnc(-c3cccnc3)c21. The fourth-order valence-electron chi connectivity index (χ4n) is 2.38. The normalized spacial score (nSPS) is 12.0. The maximum atomic E-state index is 5.84. The average Bonchev–Trinajstić information content (AvgIpc) is 2.95. The van der Waals surface area contributed by atoms with Gasteiger partial charge in [-0.25, -0.2) is 4.68 Å². The van der Waals surface area contributed by atoms with Crippen LogP contribution in [0, 0.1) is 0 Å². The van der Waals surface area contributed by atoms with Crippen LogP contribution < -0.4 is 0 Å². The van der Waals surface area contributed by atoms with E-state index < -0.39 is 8.07 Å². The molecular weight excluding hydrogens is 304 g/mol. The van der Waals surface area contributed by atoms with Gasteiger partial charge in [-0.3, -0.25) is 9.97 Å². The summed E-state index contributed by atoms with van der Waals surface area (Å²) in [7, 11) is -1.07. The van der Waals surface area contributed by atoms with Crippen LogP contribution in [0.25, 0.3) is 22.2 Å². The molecule has 3 aromatic heterocycles. The third-order valence-electron chi connectivity index (χ3n) is 3.69. The second-order valence-corrected chi connectivity index (χ2v) is 12.5. The van der Waals surface area contributed by atoms with Gasteiger partial charge in [0.2, 0.25) is 0 Å². The first-order valence-corrected chi connectivity index (χ1v) is 11.5. The van der Waals surface area contributed by atoms with E-state index in [9.17, 15) is 0 Å². The lowest BCUT2D eigenvalue weighted by Crippen LogP contribution is -2.22. The molecule has 3 rings (SSSR count). The molecule has 3 aromatic rings. The first-order chi connectivity index (χ1) is 11.0. The van der Waals surface area contributed by atoms with Gasteiger partial charge in [0.25, 0.3) is 0 Å². The number of pyridine rings is 2. The molecule has 120 valence electrons. The van der Waals surface area contributed by atoms with Gasteiger partial charge in [0.05, 0.1) is 17.4 Å². The minimum Gasteiger partial charge on any atom is -0.360 e. The third kappa shape index (κ3) is 3.83. The van der Waals surface area contributed by atoms with Gasteiger partial charge in [0.15, 0.2) is 0 Å². The fourth-order valence-corrected chi connectivity index (χ4v) is 3.13. The molecule has 0 aromatic carbocycles. The standard InChI is InChI=1S/C17H22N4OSi/c1-23(2,3)10-9-22-13-21-17-15(12-20-21)6-8-19-16(17)14-5-4-7-18-11-14/h4-8,11-12H,9-10,13H2,1-3H3. The van der Waals surface area contributed by atoms with Crippen LogP contribution in [0.5, 0.6) is 0 Å². The Morgan fingerprint density at radius 1 is 1.13 bits per heavy atom. The first kappa shape index (κ1) is 15.8. The zero-order chi connectivity index (χ0) is 16.3. The van der Waals surface area contributed by atoms with Crippen molar-refractivity contribution >= 4 is 19.0 Å². The summed E-state index contributed by atoms with van der Waals surface area (Å²) in [6.45, 7) is 8.28. The number of hydrogen-bond acceptors (Lipinski definition) is 4. The van der Waals surface area contributed by atoms with Crippen molar-refractivity contribution < 1.29 is 4.74 Å². The predicted octanol–water partition coefficient (Wildman–Crippen LogP) is 3.81. The Morgan fingerprint density at radius 2 is 2.00 bits per heavy atom. The minimum atomic E-state index is -1.07. The second-order valence-electron chi connectivity index (χ2n) is 6.83. The Hall–Kier alpha value is -2.05. The monoisotopic (exact) mass is 326 g/mol. The van der Waals surface area contributed by atoms with Gasteiger partial charge in [-0.2, -0.15) is 5.10 Å². The van der Waals surface area contributed by atoms with Gasteiger partial charge in [0, 0.05) is 44.2 Å². The number of aromatic nitrogens is 4. The van der Waals surface area contributed by atoms with Gasteiger partial charge < -0.3 is 4.74 Å². The van der Waals surface area contributed by atoms with E-state index in [0.29, 0.717) is 6.73 Å². The maximum absolute atomic E-state index is 5.84. The lowest BCUT2D eigenvalue weighted by Gasteiger charge is -2.15. The zero-order valence-electron chi connectivity index (χ0n) is 13.9. The molecular formula is C17H22N4OSi. The van der Waals surface area contributed by atoms with E-state index in [0.717, 1.165) is 34.8 Å². The number of ether oxygens (including phenoxy) is 1. The molecule has 3 heterocycles. The Labute approximate surface area is 137 Å². The van der Waals surface area contributed by atoms with E-state index in [1.165, 1.54) is 0 Å². The molecule has 5 nitrogen and oxygen atoms in total. The van der Waals surface area contributed by atoms with Gasteiger partial charge in [-0.05, 0) is 24.2 Å². The van der Waals surface area contributed by atoms with E-state index in [2.05, 4.69) is 34.7 Å². The molecule has 23 heavy (non-hydrogen) atoms. The molecule has 0 saturated carbocycles. The lowest BCUT2D eigenvalue weighted by molar-refractivity contribution is 0.0817. The Bertz CT molecular complexity index is 780. The average molecular weight is 326 g/mol. The van der Waals surface area contributed by atoms with Crippen molar-refractivity contribution in [3.8, 4) is 11.3 Å². The van der Waals surface area contributed by atoms with Crippen LogP contribution in [-0.2, 0) is 11.5 Å². The quantitative estimate of drug-likeness (QED) is 0.510. The van der Waals surface area contributed by atoms with Gasteiger partial charge in [0.1, 0.15) is 6.73 Å². The van der Waals surface area contributed by atoms with Crippen molar-refractivity contribution in [1.29, 1.82) is 0 Å². The van der Waals surface area contributed by atoms with E-state index in [1.54, 1.807) is 6.20 Å². The van der Waals surface area contributed by atoms with Crippen LogP contribution >= 0.6 is 0 Å². The van der Waals surface area contributed by atoms with Gasteiger partial charge >= 0.3 is 0 Å². The maximum Gasteiger partial charge on any atom is 0.140 e. The van der Waals surface area contributed by atoms with E-state index >= 15 is 0 Å². The van der Waals surface area contributed by atoms with Crippen LogP contribution in [0.1, 0.15) is 0 Å². The summed E-state index contributed by atoms with van der Waals surface area (Å²) in [5, 5.41) is 5.52. The van der Waals surface area contributed by atoms with Crippen LogP contribution in [0.15, 0.2) is 43.0 Å². The Kier molecular flexibility index (Phi) is 4.54. The molecule has 0 unspecified atom stereocenters. The molecule has 0 aliphatic heterocycles. The van der Waals surface area contributed by atoms with Crippen LogP contribution in [0.4, 0.5) is 0 Å². The molecule has 6 heteroatoms. The summed E-state index contributed by atoms with van der Waals surface area (Å²) in [5.74, 6) is 0. The van der Waals surface area contributed by atoms with Gasteiger partial charge in [-0.15, -0.1) is 0 Å². The first-order valence-electron chi connectivity index (χ1n) is 7.83. The number of hydrogen-bond donors (Lipinski definition) is 0. The van der Waals surface area contributed by atoms with Crippen LogP contribution in [0.3, 0.4) is 0 Å². The minimum absolute atomic E-state index is 0.451. The topological polar surface area (TPSA) is 52.8 Å². The van der Waals surface area contributed by atoms with Crippen LogP contribution in [0.2, 0.25) is 25.7 Å². The summed E-state index contributed by atoms with van der Waals surface area (Å²) in [5.41, 5.74) is 2.87. The molecule has 0 atom stereocenters. The predicted molar refractivity (Wildman–Crippen MR) is 94.9 cm³/mol. The molecule has 0 aliphatic carbocycles. The molecule has 0 radical (unpaired) electrons. The Balaban J connectivity index is 1.84. The van der Waals surface area contributed by atoms with Crippen molar-refractivity contribution in [1.82, 2.24) is 19.7 Å². The van der Waals surface area contributed by atoms with Crippen LogP contribution in [-0.4, -0.2) is 34.4 Å². The highest BCUT2D eigenvalue weighted by atomic mass is 28.3. The Morgan fingerprint density at radius 3 is 2.74 bits per heavy atom. The summed E-state index contributed by atoms with van der Waals surface area (Å²) in [6, 6.07) is 7.06. The molecule has 0 bridgehead atoms. The van der Waals surface area contributed by atoms with E-state index in [4.69, 9.17) is 4.74 Å². The number of rotatable bonds is 6. The number of fused-ring (bicyclic) bond motifs is 1. The fraction of sp³-hybridized carbons (Fsp3) is 0.353. The van der Waals surface area contributed by atoms with Crippen molar-refractivity contribution in [2.75, 3.05) is 6.61 Å². The van der Waals surface area contributed by atoms with E-state index in [-0.39, 0.29) is 0 Å². The summed E-state index contributed by atoms with van der Waals surface area (Å²) in [6.07, 6.45) is 7.26. The highest BCUT2D eigenvalue weighted by Gasteiger charge is 2.14. The largest absolute Gasteiger partial charge is 0.360 e. The second kappa shape index (κ2) is 6.60. The highest BCUT2D eigenvalue weighted by Crippen LogP contribution is 2.25. The van der Waals surface area contributed by atoms with Gasteiger partial charge in [-0.1, -0.05) is 19.6 Å². The van der Waals surface area contributed by atoms with Crippen molar-refractivity contribution in [3.63, 3.8) is 0 Å². The summed E-state index contributed by atoms with van der Waals surface area (Å²) >= 11 is 0. The van der Waals surface area contributed by atoms with Crippen molar-refractivity contribution in [3.05, 3.63) is 43.0 Å². The summed E-state index contributed by atoms with van der Waals surface area (Å²) < 4.78 is 7.73. The lowest BCUT2D eigenvalue weighted by atomic mass is 10.1. The molecule has 0 aliphatic rings. The zero-order valence-corrected chi connectivity index (χ0v) is 14.9. The number of nitrogens with zero attached hydrogens (tertiary/aromatic N) is 4. The molecule has 0 saturated heterocycles. The third-order valence-corrected chi connectivity index (χ3v) is 5.40. The van der Waals surface area contributed by atoms with E-state index in [1.807, 2.05) is 41.5 Å². The molecule has 0 N–H and O–H groups in total. The molecule has 0 fully saturated rings. The van der Waals surface area contributed by atoms with Crippen molar-refractivity contribution in [2.45, 2.75) is 32.4 Å². The molecule has 0 spiro atoms. The summed E-state index contributed by atoms with van der Waals surface area (Å²) in [4.78, 5) is 8.72. The smallest absolute Gasteiger partial charge is 0.140 e.